The summed E-state index contributed by atoms with van der Waals surface area (Å²) in [6.07, 6.45) is 0. The smallest absolute Gasteiger partial charge is 0.252 e. The standard InChI is InChI=1S/C15H14N2OS/c1-15(2)14(18)16-13-11(8-9-19-13)12(17-15)10-6-4-3-5-7-10/h3-9H,1-2H3,(H,16,18). The Morgan fingerprint density at radius 1 is 1.16 bits per heavy atom. The van der Waals surface area contributed by atoms with Crippen LogP contribution in [0.15, 0.2) is 46.8 Å². The van der Waals surface area contributed by atoms with Crippen LogP contribution in [-0.4, -0.2) is 17.2 Å². The number of thiophene rings is 1. The van der Waals surface area contributed by atoms with Gasteiger partial charge in [-0.2, -0.15) is 0 Å². The largest absolute Gasteiger partial charge is 0.315 e. The van der Waals surface area contributed by atoms with Crippen LogP contribution in [0.2, 0.25) is 0 Å². The maximum Gasteiger partial charge on any atom is 0.252 e. The number of carbonyl (C=O) groups excluding carboxylic acids is 1. The average molecular weight is 270 g/mol. The maximum atomic E-state index is 12.2. The number of nitrogens with zero attached hydrogens (tertiary/aromatic N) is 1. The van der Waals surface area contributed by atoms with Gasteiger partial charge in [0.05, 0.1) is 5.71 Å². The van der Waals surface area contributed by atoms with Gasteiger partial charge in [0.25, 0.3) is 5.91 Å². The Morgan fingerprint density at radius 3 is 2.63 bits per heavy atom. The molecule has 0 radical (unpaired) electrons. The molecule has 0 unspecified atom stereocenters. The lowest BCUT2D eigenvalue weighted by molar-refractivity contribution is -0.119. The van der Waals surface area contributed by atoms with E-state index in [2.05, 4.69) is 10.3 Å². The first-order valence-electron chi connectivity index (χ1n) is 6.12. The third-order valence-corrected chi connectivity index (χ3v) is 3.97. The van der Waals surface area contributed by atoms with E-state index in [0.29, 0.717) is 0 Å². The first kappa shape index (κ1) is 12.1. The highest BCUT2D eigenvalue weighted by Crippen LogP contribution is 2.31. The summed E-state index contributed by atoms with van der Waals surface area (Å²) >= 11 is 1.53. The van der Waals surface area contributed by atoms with E-state index in [0.717, 1.165) is 21.8 Å². The minimum absolute atomic E-state index is 0.0675. The number of benzene rings is 1. The van der Waals surface area contributed by atoms with Crippen molar-refractivity contribution in [3.63, 3.8) is 0 Å². The molecule has 0 saturated carbocycles. The van der Waals surface area contributed by atoms with E-state index in [1.54, 1.807) is 0 Å². The normalized spacial score (nSPS) is 17.2. The molecule has 1 aliphatic rings. The molecule has 0 spiro atoms. The molecule has 0 aliphatic carbocycles. The Bertz CT molecular complexity index is 656. The highest BCUT2D eigenvalue weighted by atomic mass is 32.1. The Morgan fingerprint density at radius 2 is 1.89 bits per heavy atom. The van der Waals surface area contributed by atoms with Crippen molar-refractivity contribution in [3.8, 4) is 0 Å². The van der Waals surface area contributed by atoms with Crippen molar-refractivity contribution in [3.05, 3.63) is 52.9 Å². The quantitative estimate of drug-likeness (QED) is 0.848. The zero-order chi connectivity index (χ0) is 13.5. The van der Waals surface area contributed by atoms with Crippen LogP contribution in [0.1, 0.15) is 25.0 Å². The lowest BCUT2D eigenvalue weighted by atomic mass is 10.0. The van der Waals surface area contributed by atoms with E-state index in [4.69, 9.17) is 0 Å². The fourth-order valence-electron chi connectivity index (χ4n) is 2.06. The first-order valence-corrected chi connectivity index (χ1v) is 7.00. The van der Waals surface area contributed by atoms with Gasteiger partial charge >= 0.3 is 0 Å². The Labute approximate surface area is 116 Å². The van der Waals surface area contributed by atoms with Gasteiger partial charge in [-0.3, -0.25) is 9.79 Å². The zero-order valence-corrected chi connectivity index (χ0v) is 11.6. The van der Waals surface area contributed by atoms with Gasteiger partial charge in [-0.25, -0.2) is 0 Å². The van der Waals surface area contributed by atoms with Crippen molar-refractivity contribution in [2.45, 2.75) is 19.4 Å². The van der Waals surface area contributed by atoms with E-state index in [9.17, 15) is 4.79 Å². The number of amides is 1. The molecule has 0 atom stereocenters. The summed E-state index contributed by atoms with van der Waals surface area (Å²) in [6, 6.07) is 12.0. The molecular formula is C15H14N2OS. The minimum atomic E-state index is -0.760. The number of anilines is 1. The van der Waals surface area contributed by atoms with Gasteiger partial charge in [-0.1, -0.05) is 30.3 Å². The topological polar surface area (TPSA) is 41.5 Å². The molecule has 4 heteroatoms. The summed E-state index contributed by atoms with van der Waals surface area (Å²) in [4.78, 5) is 16.8. The van der Waals surface area contributed by atoms with Gasteiger partial charge < -0.3 is 5.32 Å². The predicted molar refractivity (Wildman–Crippen MR) is 79.1 cm³/mol. The molecule has 1 aromatic heterocycles. The molecule has 2 aromatic rings. The third-order valence-electron chi connectivity index (χ3n) is 3.14. The van der Waals surface area contributed by atoms with E-state index in [1.165, 1.54) is 11.3 Å². The Hall–Kier alpha value is -1.94. The number of hydrogen-bond donors (Lipinski definition) is 1. The van der Waals surface area contributed by atoms with Gasteiger partial charge in [0, 0.05) is 11.1 Å². The second-order valence-electron chi connectivity index (χ2n) is 5.00. The lowest BCUT2D eigenvalue weighted by Crippen LogP contribution is -2.34. The van der Waals surface area contributed by atoms with Crippen LogP contribution >= 0.6 is 11.3 Å². The molecule has 19 heavy (non-hydrogen) atoms. The summed E-state index contributed by atoms with van der Waals surface area (Å²) < 4.78 is 0. The second-order valence-corrected chi connectivity index (χ2v) is 5.92. The number of aliphatic imine (C=N–C) groups is 1. The molecule has 3 rings (SSSR count). The molecule has 0 fully saturated rings. The monoisotopic (exact) mass is 270 g/mol. The predicted octanol–water partition coefficient (Wildman–Crippen LogP) is 3.32. The molecule has 0 saturated heterocycles. The Kier molecular flexibility index (Phi) is 2.75. The van der Waals surface area contributed by atoms with Crippen molar-refractivity contribution < 1.29 is 4.79 Å². The second kappa shape index (κ2) is 4.31. The van der Waals surface area contributed by atoms with Crippen LogP contribution in [0, 0.1) is 0 Å². The highest BCUT2D eigenvalue weighted by molar-refractivity contribution is 7.14. The van der Waals surface area contributed by atoms with E-state index >= 15 is 0 Å². The zero-order valence-electron chi connectivity index (χ0n) is 10.8. The van der Waals surface area contributed by atoms with Crippen LogP contribution in [0.5, 0.6) is 0 Å². The number of rotatable bonds is 1. The molecule has 1 amide bonds. The van der Waals surface area contributed by atoms with Gasteiger partial charge in [0.1, 0.15) is 10.5 Å². The average Bonchev–Trinajstić information content (AvgIpc) is 2.81. The van der Waals surface area contributed by atoms with Crippen molar-refractivity contribution >= 4 is 28.0 Å². The molecule has 1 N–H and O–H groups in total. The summed E-state index contributed by atoms with van der Waals surface area (Å²) in [5, 5.41) is 5.80. The van der Waals surface area contributed by atoms with Crippen molar-refractivity contribution in [1.82, 2.24) is 0 Å². The third kappa shape index (κ3) is 2.08. The first-order chi connectivity index (χ1) is 9.08. The van der Waals surface area contributed by atoms with Crippen molar-refractivity contribution in [1.29, 1.82) is 0 Å². The molecule has 2 heterocycles. The Balaban J connectivity index is 2.23. The minimum Gasteiger partial charge on any atom is -0.315 e. The van der Waals surface area contributed by atoms with Gasteiger partial charge in [-0.15, -0.1) is 11.3 Å². The van der Waals surface area contributed by atoms with Crippen LogP contribution in [0.25, 0.3) is 0 Å². The molecule has 1 aliphatic heterocycles. The maximum absolute atomic E-state index is 12.2. The van der Waals surface area contributed by atoms with Crippen LogP contribution < -0.4 is 5.32 Å². The number of nitrogens with one attached hydrogen (secondary N) is 1. The number of fused-ring (bicyclic) bond motifs is 1. The van der Waals surface area contributed by atoms with Crippen LogP contribution in [0.3, 0.4) is 0 Å². The SMILES string of the molecule is CC1(C)N=C(c2ccccc2)c2ccsc2NC1=O. The van der Waals surface area contributed by atoms with Crippen molar-refractivity contribution in [2.75, 3.05) is 5.32 Å². The summed E-state index contributed by atoms with van der Waals surface area (Å²) in [7, 11) is 0. The van der Waals surface area contributed by atoms with Gasteiger partial charge in [-0.05, 0) is 25.3 Å². The van der Waals surface area contributed by atoms with E-state index in [-0.39, 0.29) is 5.91 Å². The van der Waals surface area contributed by atoms with Gasteiger partial charge in [0.15, 0.2) is 0 Å². The molecule has 1 aromatic carbocycles. The molecule has 96 valence electrons. The number of carbonyl (C=O) groups is 1. The van der Waals surface area contributed by atoms with E-state index in [1.807, 2.05) is 55.6 Å². The fraction of sp³-hybridized carbons (Fsp3) is 0.200. The summed E-state index contributed by atoms with van der Waals surface area (Å²) in [5.41, 5.74) is 2.14. The lowest BCUT2D eigenvalue weighted by Gasteiger charge is -2.17. The molecular weight excluding hydrogens is 256 g/mol. The van der Waals surface area contributed by atoms with E-state index < -0.39 is 5.54 Å². The molecule has 3 nitrogen and oxygen atoms in total. The van der Waals surface area contributed by atoms with Crippen molar-refractivity contribution in [2.24, 2.45) is 4.99 Å². The van der Waals surface area contributed by atoms with Crippen LogP contribution in [-0.2, 0) is 4.79 Å². The summed E-state index contributed by atoms with van der Waals surface area (Å²) in [6.45, 7) is 3.67. The number of hydrogen-bond acceptors (Lipinski definition) is 3. The fourth-order valence-corrected chi connectivity index (χ4v) is 2.84. The van der Waals surface area contributed by atoms with Crippen LogP contribution in [0.4, 0.5) is 5.00 Å². The highest BCUT2D eigenvalue weighted by Gasteiger charge is 2.32. The summed E-state index contributed by atoms with van der Waals surface area (Å²) in [5.74, 6) is -0.0675. The van der Waals surface area contributed by atoms with Gasteiger partial charge in [0.2, 0.25) is 0 Å². The molecule has 0 bridgehead atoms.